The molecule has 0 amide bonds. The van der Waals surface area contributed by atoms with Crippen LogP contribution in [0.15, 0.2) is 18.2 Å². The van der Waals surface area contributed by atoms with Crippen LogP contribution in [0.3, 0.4) is 0 Å². The topological polar surface area (TPSA) is 54.4 Å². The van der Waals surface area contributed by atoms with Gasteiger partial charge in [0.05, 0.1) is 0 Å². The van der Waals surface area contributed by atoms with Crippen molar-refractivity contribution in [1.82, 2.24) is 0 Å². The summed E-state index contributed by atoms with van der Waals surface area (Å²) in [5, 5.41) is 8.84. The Balaban J connectivity index is 2.38. The number of rotatable bonds is 5. The number of carboxylic acid groups (broad SMARTS) is 1. The van der Waals surface area contributed by atoms with Gasteiger partial charge in [-0.25, -0.2) is 4.79 Å². The zero-order valence-electron chi connectivity index (χ0n) is 8.80. The molecule has 1 aromatic rings. The van der Waals surface area contributed by atoms with Gasteiger partial charge in [0, 0.05) is 17.6 Å². The van der Waals surface area contributed by atoms with Crippen molar-refractivity contribution < 1.29 is 14.7 Å². The molecule has 1 N–H and O–H groups in total. The van der Waals surface area contributed by atoms with Crippen LogP contribution >= 0.6 is 23.1 Å². The molecule has 16 heavy (non-hydrogen) atoms. The number of thiophene rings is 1. The van der Waals surface area contributed by atoms with E-state index < -0.39 is 5.97 Å². The predicted molar refractivity (Wildman–Crippen MR) is 68.1 cm³/mol. The van der Waals surface area contributed by atoms with E-state index in [0.717, 1.165) is 17.1 Å². The number of thioether (sulfide) groups is 1. The van der Waals surface area contributed by atoms with E-state index in [4.69, 9.17) is 5.11 Å². The largest absolute Gasteiger partial charge is 0.477 e. The molecule has 0 unspecified atom stereocenters. The highest BCUT2D eigenvalue weighted by Crippen LogP contribution is 2.18. The van der Waals surface area contributed by atoms with Gasteiger partial charge in [-0.2, -0.15) is 0 Å². The number of allylic oxidation sites excluding steroid dienone is 1. The van der Waals surface area contributed by atoms with Gasteiger partial charge < -0.3 is 5.11 Å². The lowest BCUT2D eigenvalue weighted by Crippen LogP contribution is -1.89. The second-order valence-electron chi connectivity index (χ2n) is 3.04. The first kappa shape index (κ1) is 13.0. The summed E-state index contributed by atoms with van der Waals surface area (Å²) in [7, 11) is 0. The first-order valence-corrected chi connectivity index (χ1v) is 6.53. The van der Waals surface area contributed by atoms with E-state index >= 15 is 0 Å². The van der Waals surface area contributed by atoms with Crippen LogP contribution < -0.4 is 0 Å². The molecule has 0 bridgehead atoms. The van der Waals surface area contributed by atoms with Crippen molar-refractivity contribution in [2.24, 2.45) is 0 Å². The van der Waals surface area contributed by atoms with Gasteiger partial charge in [0.2, 0.25) is 0 Å². The first-order valence-electron chi connectivity index (χ1n) is 4.72. The highest BCUT2D eigenvalue weighted by Gasteiger charge is 2.04. The molecule has 1 heterocycles. The molecular formula is C11H12O3S2. The van der Waals surface area contributed by atoms with Crippen LogP contribution in [0.5, 0.6) is 0 Å². The molecule has 0 spiro atoms. The van der Waals surface area contributed by atoms with E-state index in [1.807, 2.05) is 12.2 Å². The molecule has 0 saturated heterocycles. The minimum Gasteiger partial charge on any atom is -0.477 e. The summed E-state index contributed by atoms with van der Waals surface area (Å²) in [6.07, 6.45) is 4.65. The van der Waals surface area contributed by atoms with E-state index in [2.05, 4.69) is 0 Å². The number of hydrogen-bond acceptors (Lipinski definition) is 4. The number of hydrogen-bond donors (Lipinski definition) is 1. The lowest BCUT2D eigenvalue weighted by molar-refractivity contribution is -0.109. The summed E-state index contributed by atoms with van der Waals surface area (Å²) in [5.74, 6) is -0.125. The standard InChI is InChI=1S/C11H12O3S2/c1-8(12)15-7-3-2-4-9-5-6-10(16-9)11(13)14/h2,4-6H,3,7H2,1H3,(H,13,14). The molecule has 0 aliphatic carbocycles. The van der Waals surface area contributed by atoms with E-state index in [9.17, 15) is 9.59 Å². The van der Waals surface area contributed by atoms with Crippen molar-refractivity contribution in [1.29, 1.82) is 0 Å². The maximum atomic E-state index is 10.6. The van der Waals surface area contributed by atoms with Crippen molar-refractivity contribution in [3.8, 4) is 0 Å². The van der Waals surface area contributed by atoms with E-state index in [1.54, 1.807) is 19.1 Å². The summed E-state index contributed by atoms with van der Waals surface area (Å²) in [5.41, 5.74) is 0. The van der Waals surface area contributed by atoms with Crippen molar-refractivity contribution in [2.75, 3.05) is 5.75 Å². The molecule has 0 aliphatic heterocycles. The van der Waals surface area contributed by atoms with Gasteiger partial charge in [-0.3, -0.25) is 4.79 Å². The first-order chi connectivity index (χ1) is 7.59. The minimum absolute atomic E-state index is 0.123. The third-order valence-corrected chi connectivity index (χ3v) is 3.59. The fraction of sp³-hybridized carbons (Fsp3) is 0.273. The number of aromatic carboxylic acids is 1. The molecule has 1 aromatic heterocycles. The highest BCUT2D eigenvalue weighted by atomic mass is 32.2. The van der Waals surface area contributed by atoms with Gasteiger partial charge in [0.15, 0.2) is 5.12 Å². The molecule has 0 atom stereocenters. The Kier molecular flexibility index (Phi) is 5.28. The van der Waals surface area contributed by atoms with Crippen LogP contribution in [0.4, 0.5) is 0 Å². The van der Waals surface area contributed by atoms with Crippen LogP contribution in [0.2, 0.25) is 0 Å². The lowest BCUT2D eigenvalue weighted by Gasteiger charge is -1.90. The minimum atomic E-state index is -0.892. The average Bonchev–Trinajstić information content (AvgIpc) is 2.65. The third-order valence-electron chi connectivity index (χ3n) is 1.71. The van der Waals surface area contributed by atoms with Crippen molar-refractivity contribution in [2.45, 2.75) is 13.3 Å². The molecule has 0 aromatic carbocycles. The Morgan fingerprint density at radius 2 is 2.25 bits per heavy atom. The smallest absolute Gasteiger partial charge is 0.345 e. The molecule has 0 radical (unpaired) electrons. The Morgan fingerprint density at radius 3 is 2.81 bits per heavy atom. The van der Waals surface area contributed by atoms with Crippen LogP contribution in [0.25, 0.3) is 6.08 Å². The molecule has 5 heteroatoms. The molecule has 0 aliphatic rings. The van der Waals surface area contributed by atoms with Gasteiger partial charge in [0.25, 0.3) is 0 Å². The quantitative estimate of drug-likeness (QED) is 0.822. The zero-order valence-corrected chi connectivity index (χ0v) is 10.4. The normalized spacial score (nSPS) is 10.8. The van der Waals surface area contributed by atoms with Crippen LogP contribution in [-0.2, 0) is 4.79 Å². The second-order valence-corrected chi connectivity index (χ2v) is 5.43. The number of carboxylic acids is 1. The summed E-state index contributed by atoms with van der Waals surface area (Å²) in [6, 6.07) is 3.37. The molecule has 0 saturated carbocycles. The molecule has 0 fully saturated rings. The Morgan fingerprint density at radius 1 is 1.50 bits per heavy atom. The molecule has 86 valence electrons. The Hall–Kier alpha value is -1.07. The fourth-order valence-electron chi connectivity index (χ4n) is 1.03. The highest BCUT2D eigenvalue weighted by molar-refractivity contribution is 8.13. The molecule has 3 nitrogen and oxygen atoms in total. The van der Waals surface area contributed by atoms with E-state index in [1.165, 1.54) is 23.1 Å². The Labute approximate surface area is 102 Å². The summed E-state index contributed by atoms with van der Waals surface area (Å²) in [6.45, 7) is 1.55. The van der Waals surface area contributed by atoms with E-state index in [0.29, 0.717) is 4.88 Å². The van der Waals surface area contributed by atoms with Crippen molar-refractivity contribution >= 4 is 40.3 Å². The van der Waals surface area contributed by atoms with Crippen molar-refractivity contribution in [3.05, 3.63) is 28.0 Å². The maximum Gasteiger partial charge on any atom is 0.345 e. The number of carbonyl (C=O) groups is 2. The maximum absolute atomic E-state index is 10.6. The Bertz CT molecular complexity index is 407. The SMILES string of the molecule is CC(=O)SCCC=Cc1ccc(C(=O)O)s1. The fourth-order valence-corrected chi connectivity index (χ4v) is 2.35. The van der Waals surface area contributed by atoms with Crippen LogP contribution in [0, 0.1) is 0 Å². The van der Waals surface area contributed by atoms with Crippen LogP contribution in [-0.4, -0.2) is 21.9 Å². The summed E-state index contributed by atoms with van der Waals surface area (Å²) in [4.78, 5) is 22.5. The monoisotopic (exact) mass is 256 g/mol. The van der Waals surface area contributed by atoms with Gasteiger partial charge in [-0.15, -0.1) is 11.3 Å². The average molecular weight is 256 g/mol. The van der Waals surface area contributed by atoms with E-state index in [-0.39, 0.29) is 5.12 Å². The zero-order chi connectivity index (χ0) is 12.0. The van der Waals surface area contributed by atoms with Crippen LogP contribution in [0.1, 0.15) is 27.9 Å². The number of carbonyl (C=O) groups excluding carboxylic acids is 1. The van der Waals surface area contributed by atoms with Gasteiger partial charge in [-0.05, 0) is 24.6 Å². The third kappa shape index (κ3) is 4.63. The van der Waals surface area contributed by atoms with Gasteiger partial charge in [-0.1, -0.05) is 17.8 Å². The lowest BCUT2D eigenvalue weighted by atomic mass is 10.3. The van der Waals surface area contributed by atoms with Gasteiger partial charge in [0.1, 0.15) is 4.88 Å². The molecular weight excluding hydrogens is 244 g/mol. The van der Waals surface area contributed by atoms with Crippen molar-refractivity contribution in [3.63, 3.8) is 0 Å². The summed E-state index contributed by atoms with van der Waals surface area (Å²) >= 11 is 2.54. The molecule has 1 rings (SSSR count). The second kappa shape index (κ2) is 6.50. The summed E-state index contributed by atoms with van der Waals surface area (Å²) < 4.78 is 0. The predicted octanol–water partition coefficient (Wildman–Crippen LogP) is 3.13. The van der Waals surface area contributed by atoms with Gasteiger partial charge >= 0.3 is 5.97 Å².